The van der Waals surface area contributed by atoms with E-state index in [9.17, 15) is 0 Å². The van der Waals surface area contributed by atoms with Gasteiger partial charge in [0.2, 0.25) is 0 Å². The van der Waals surface area contributed by atoms with E-state index in [4.69, 9.17) is 10.7 Å². The van der Waals surface area contributed by atoms with Crippen LogP contribution in [0.15, 0.2) is 47.8 Å². The molecule has 0 saturated carbocycles. The summed E-state index contributed by atoms with van der Waals surface area (Å²) in [6, 6.07) is 14.9. The van der Waals surface area contributed by atoms with Crippen LogP contribution in [0.1, 0.15) is 32.2 Å². The molecule has 0 amide bonds. The van der Waals surface area contributed by atoms with Gasteiger partial charge in [0.05, 0.1) is 11.4 Å². The van der Waals surface area contributed by atoms with Gasteiger partial charge in [-0.25, -0.2) is 4.98 Å². The molecule has 0 bridgehead atoms. The van der Waals surface area contributed by atoms with Gasteiger partial charge in [-0.15, -0.1) is 11.3 Å². The van der Waals surface area contributed by atoms with Crippen molar-refractivity contribution in [1.82, 2.24) is 9.38 Å². The van der Waals surface area contributed by atoms with Gasteiger partial charge in [-0.05, 0) is 16.8 Å². The predicted octanol–water partition coefficient (Wildman–Crippen LogP) is 4.97. The lowest BCUT2D eigenvalue weighted by atomic mass is 9.93. The van der Waals surface area contributed by atoms with Crippen LogP contribution >= 0.6 is 11.3 Å². The van der Waals surface area contributed by atoms with Crippen molar-refractivity contribution in [2.24, 2.45) is 5.73 Å². The number of aromatic nitrogens is 2. The van der Waals surface area contributed by atoms with E-state index >= 15 is 0 Å². The molecule has 2 aromatic heterocycles. The summed E-state index contributed by atoms with van der Waals surface area (Å²) >= 11 is 1.69. The van der Waals surface area contributed by atoms with Crippen LogP contribution in [0.4, 0.5) is 0 Å². The van der Waals surface area contributed by atoms with Crippen molar-refractivity contribution in [2.75, 3.05) is 0 Å². The summed E-state index contributed by atoms with van der Waals surface area (Å²) in [5.41, 5.74) is 10.7. The van der Waals surface area contributed by atoms with E-state index in [0.717, 1.165) is 21.9 Å². The zero-order valence-corrected chi connectivity index (χ0v) is 15.0. The quantitative estimate of drug-likeness (QED) is 0.562. The monoisotopic (exact) mass is 335 g/mol. The van der Waals surface area contributed by atoms with Crippen LogP contribution in [0, 0.1) is 0 Å². The number of imidazole rings is 1. The fraction of sp³-hybridized carbons (Fsp3) is 0.250. The molecule has 2 heterocycles. The molecule has 0 fully saturated rings. The third-order valence-corrected chi connectivity index (χ3v) is 5.27. The minimum absolute atomic E-state index is 0.0591. The minimum Gasteiger partial charge on any atom is -0.325 e. The zero-order chi connectivity index (χ0) is 16.9. The molecule has 0 aliphatic carbocycles. The highest BCUT2D eigenvalue weighted by Crippen LogP contribution is 2.34. The standard InChI is InChI=1S/C20H21N3S/c1-20(2,3)17-12-24-19-22-18(16(11-21)23(17)19)15-9-8-13-6-4-5-7-14(13)10-15/h4-10,12H,11,21H2,1-3H3. The third kappa shape index (κ3) is 2.34. The lowest BCUT2D eigenvalue weighted by Crippen LogP contribution is -2.16. The lowest BCUT2D eigenvalue weighted by Gasteiger charge is -2.18. The fourth-order valence-corrected chi connectivity index (χ4v) is 4.32. The molecule has 2 aromatic carbocycles. The van der Waals surface area contributed by atoms with Gasteiger partial charge in [-0.1, -0.05) is 57.2 Å². The first kappa shape index (κ1) is 15.4. The normalized spacial score (nSPS) is 12.3. The lowest BCUT2D eigenvalue weighted by molar-refractivity contribution is 0.561. The molecule has 4 aromatic rings. The molecule has 0 aliphatic rings. The van der Waals surface area contributed by atoms with Crippen LogP contribution in [0.3, 0.4) is 0 Å². The fourth-order valence-electron chi connectivity index (χ4n) is 3.19. The summed E-state index contributed by atoms with van der Waals surface area (Å²) in [5.74, 6) is 0. The maximum absolute atomic E-state index is 6.13. The Bertz CT molecular complexity index is 1030. The Balaban J connectivity index is 1.97. The summed E-state index contributed by atoms with van der Waals surface area (Å²) in [5, 5.41) is 4.67. The number of nitrogens with two attached hydrogens (primary N) is 1. The second kappa shape index (κ2) is 5.43. The van der Waals surface area contributed by atoms with E-state index in [1.807, 2.05) is 0 Å². The van der Waals surface area contributed by atoms with Gasteiger partial charge in [-0.3, -0.25) is 4.40 Å². The van der Waals surface area contributed by atoms with Crippen molar-refractivity contribution in [3.8, 4) is 11.3 Å². The number of hydrogen-bond donors (Lipinski definition) is 1. The van der Waals surface area contributed by atoms with E-state index in [0.29, 0.717) is 6.54 Å². The Morgan fingerprint density at radius 2 is 1.83 bits per heavy atom. The summed E-state index contributed by atoms with van der Waals surface area (Å²) in [7, 11) is 0. The molecule has 0 atom stereocenters. The highest BCUT2D eigenvalue weighted by molar-refractivity contribution is 7.15. The molecular weight excluding hydrogens is 314 g/mol. The third-order valence-electron chi connectivity index (χ3n) is 4.44. The summed E-state index contributed by atoms with van der Waals surface area (Å²) < 4.78 is 2.25. The van der Waals surface area contributed by atoms with Crippen molar-refractivity contribution in [3.05, 3.63) is 59.2 Å². The summed E-state index contributed by atoms with van der Waals surface area (Å²) in [6.07, 6.45) is 0. The first-order valence-corrected chi connectivity index (χ1v) is 9.05. The van der Waals surface area contributed by atoms with Gasteiger partial charge in [0, 0.05) is 28.6 Å². The largest absolute Gasteiger partial charge is 0.325 e. The van der Waals surface area contributed by atoms with Crippen LogP contribution in [0.25, 0.3) is 27.0 Å². The molecule has 3 nitrogen and oxygen atoms in total. The van der Waals surface area contributed by atoms with Crippen LogP contribution in [-0.2, 0) is 12.0 Å². The van der Waals surface area contributed by atoms with Gasteiger partial charge in [0.25, 0.3) is 0 Å². The smallest absolute Gasteiger partial charge is 0.194 e. The van der Waals surface area contributed by atoms with Gasteiger partial charge >= 0.3 is 0 Å². The number of thiazole rings is 1. The number of hydrogen-bond acceptors (Lipinski definition) is 3. The zero-order valence-electron chi connectivity index (χ0n) is 14.2. The van der Waals surface area contributed by atoms with E-state index in [1.165, 1.54) is 16.5 Å². The molecule has 0 saturated heterocycles. The molecule has 0 aliphatic heterocycles. The summed E-state index contributed by atoms with van der Waals surface area (Å²) in [6.45, 7) is 7.16. The number of fused-ring (bicyclic) bond motifs is 2. The molecule has 0 radical (unpaired) electrons. The number of rotatable bonds is 2. The first-order valence-electron chi connectivity index (χ1n) is 8.17. The average Bonchev–Trinajstić information content (AvgIpc) is 3.12. The van der Waals surface area contributed by atoms with E-state index in [-0.39, 0.29) is 5.41 Å². The molecule has 4 rings (SSSR count). The van der Waals surface area contributed by atoms with Gasteiger partial charge < -0.3 is 5.73 Å². The molecule has 4 heteroatoms. The van der Waals surface area contributed by atoms with E-state index in [1.54, 1.807) is 11.3 Å². The van der Waals surface area contributed by atoms with Crippen molar-refractivity contribution in [1.29, 1.82) is 0 Å². The van der Waals surface area contributed by atoms with Crippen LogP contribution in [0.5, 0.6) is 0 Å². The van der Waals surface area contributed by atoms with Crippen molar-refractivity contribution in [3.63, 3.8) is 0 Å². The van der Waals surface area contributed by atoms with Crippen molar-refractivity contribution >= 4 is 27.1 Å². The Labute approximate surface area is 145 Å². The molecule has 24 heavy (non-hydrogen) atoms. The SMILES string of the molecule is CC(C)(C)c1csc2nc(-c3ccc4ccccc4c3)c(CN)n12. The Morgan fingerprint density at radius 1 is 1.08 bits per heavy atom. The van der Waals surface area contributed by atoms with E-state index in [2.05, 4.69) is 73.0 Å². The molecule has 122 valence electrons. The Kier molecular flexibility index (Phi) is 3.48. The topological polar surface area (TPSA) is 43.3 Å². The van der Waals surface area contributed by atoms with Crippen LogP contribution < -0.4 is 5.73 Å². The van der Waals surface area contributed by atoms with Gasteiger partial charge in [0.15, 0.2) is 4.96 Å². The highest BCUT2D eigenvalue weighted by atomic mass is 32.1. The number of nitrogens with zero attached hydrogens (tertiary/aromatic N) is 2. The number of benzene rings is 2. The summed E-state index contributed by atoms with van der Waals surface area (Å²) in [4.78, 5) is 5.91. The maximum Gasteiger partial charge on any atom is 0.194 e. The van der Waals surface area contributed by atoms with Crippen molar-refractivity contribution < 1.29 is 0 Å². The molecule has 0 unspecified atom stereocenters. The minimum atomic E-state index is 0.0591. The predicted molar refractivity (Wildman–Crippen MR) is 103 cm³/mol. The Hall–Kier alpha value is -2.17. The van der Waals surface area contributed by atoms with E-state index < -0.39 is 0 Å². The molecule has 0 spiro atoms. The molecule has 2 N–H and O–H groups in total. The second-order valence-electron chi connectivity index (χ2n) is 7.16. The average molecular weight is 335 g/mol. The van der Waals surface area contributed by atoms with Crippen LogP contribution in [0.2, 0.25) is 0 Å². The van der Waals surface area contributed by atoms with Gasteiger partial charge in [0.1, 0.15) is 0 Å². The van der Waals surface area contributed by atoms with Crippen molar-refractivity contribution in [2.45, 2.75) is 32.7 Å². The second-order valence-corrected chi connectivity index (χ2v) is 8.00. The maximum atomic E-state index is 6.13. The molecular formula is C20H21N3S. The highest BCUT2D eigenvalue weighted by Gasteiger charge is 2.23. The Morgan fingerprint density at radius 3 is 2.54 bits per heavy atom. The van der Waals surface area contributed by atoms with Gasteiger partial charge in [-0.2, -0.15) is 0 Å². The van der Waals surface area contributed by atoms with Crippen LogP contribution in [-0.4, -0.2) is 9.38 Å². The first-order chi connectivity index (χ1) is 11.5.